The minimum absolute atomic E-state index is 0.0983. The van der Waals surface area contributed by atoms with E-state index in [9.17, 15) is 4.79 Å². The van der Waals surface area contributed by atoms with Gasteiger partial charge in [0.15, 0.2) is 5.96 Å². The van der Waals surface area contributed by atoms with Crippen LogP contribution in [0.4, 0.5) is 0 Å². The Morgan fingerprint density at radius 1 is 1.28 bits per heavy atom. The number of nitrogens with one attached hydrogen (secondary N) is 3. The second-order valence-corrected chi connectivity index (χ2v) is 7.01. The summed E-state index contributed by atoms with van der Waals surface area (Å²) in [5.74, 6) is 0.559. The van der Waals surface area contributed by atoms with Crippen LogP contribution in [-0.4, -0.2) is 51.8 Å². The summed E-state index contributed by atoms with van der Waals surface area (Å²) in [6.07, 6.45) is 2.30. The number of methoxy groups -OCH3 is 1. The number of nitrogens with zero attached hydrogens (tertiary/aromatic N) is 1. The predicted octanol–water partition coefficient (Wildman–Crippen LogP) is 1.80. The van der Waals surface area contributed by atoms with Crippen LogP contribution in [0.2, 0.25) is 0 Å². The molecule has 0 aromatic heterocycles. The number of ether oxygens (including phenoxy) is 1. The van der Waals surface area contributed by atoms with Gasteiger partial charge in [-0.3, -0.25) is 4.79 Å². The highest BCUT2D eigenvalue weighted by Crippen LogP contribution is 2.49. The van der Waals surface area contributed by atoms with Gasteiger partial charge >= 0.3 is 0 Å². The molecule has 1 fully saturated rings. The Morgan fingerprint density at radius 2 is 2.04 bits per heavy atom. The van der Waals surface area contributed by atoms with E-state index in [4.69, 9.17) is 4.74 Å². The molecule has 0 radical (unpaired) electrons. The molecule has 1 aliphatic rings. The van der Waals surface area contributed by atoms with Crippen molar-refractivity contribution in [1.82, 2.24) is 16.0 Å². The lowest BCUT2D eigenvalue weighted by Gasteiger charge is -2.20. The van der Waals surface area contributed by atoms with Gasteiger partial charge in [0.1, 0.15) is 6.54 Å². The van der Waals surface area contributed by atoms with Gasteiger partial charge in [0.25, 0.3) is 0 Å². The fourth-order valence-corrected chi connectivity index (χ4v) is 3.38. The first-order valence-corrected chi connectivity index (χ1v) is 9.43. The maximum atomic E-state index is 11.8. The number of rotatable bonds is 9. The van der Waals surface area contributed by atoms with E-state index in [0.29, 0.717) is 19.1 Å². The highest BCUT2D eigenvalue weighted by Gasteiger charge is 2.45. The van der Waals surface area contributed by atoms with Crippen LogP contribution >= 0.6 is 15.9 Å². The lowest BCUT2D eigenvalue weighted by atomic mass is 9.96. The zero-order valence-corrected chi connectivity index (χ0v) is 16.5. The highest BCUT2D eigenvalue weighted by atomic mass is 79.9. The Labute approximate surface area is 157 Å². The van der Waals surface area contributed by atoms with Crippen molar-refractivity contribution in [3.05, 3.63) is 34.3 Å². The quantitative estimate of drug-likeness (QED) is 0.329. The summed E-state index contributed by atoms with van der Waals surface area (Å²) in [7, 11) is 1.61. The Morgan fingerprint density at radius 3 is 2.68 bits per heavy atom. The van der Waals surface area contributed by atoms with Crippen LogP contribution in [0.25, 0.3) is 0 Å². The van der Waals surface area contributed by atoms with Crippen LogP contribution in [-0.2, 0) is 14.9 Å². The Bertz CT molecular complexity index is 602. The average molecular weight is 411 g/mol. The largest absolute Gasteiger partial charge is 0.383 e. The van der Waals surface area contributed by atoms with Crippen LogP contribution in [0.15, 0.2) is 33.7 Å². The van der Waals surface area contributed by atoms with Crippen molar-refractivity contribution in [2.75, 3.05) is 39.9 Å². The van der Waals surface area contributed by atoms with Crippen molar-refractivity contribution in [3.63, 3.8) is 0 Å². The maximum absolute atomic E-state index is 11.8. The molecule has 2 rings (SSSR count). The number of halogens is 1. The zero-order chi connectivity index (χ0) is 18.1. The van der Waals surface area contributed by atoms with Crippen molar-refractivity contribution in [2.45, 2.75) is 25.2 Å². The van der Waals surface area contributed by atoms with Gasteiger partial charge in [-0.15, -0.1) is 0 Å². The molecule has 25 heavy (non-hydrogen) atoms. The molecule has 0 spiro atoms. The normalized spacial score (nSPS) is 15.6. The van der Waals surface area contributed by atoms with Crippen molar-refractivity contribution < 1.29 is 9.53 Å². The Kier molecular flexibility index (Phi) is 7.71. The summed E-state index contributed by atoms with van der Waals surface area (Å²) in [5.41, 5.74) is 1.48. The van der Waals surface area contributed by atoms with E-state index < -0.39 is 0 Å². The Hall–Kier alpha value is -1.60. The molecule has 0 heterocycles. The molecule has 3 N–H and O–H groups in total. The molecule has 1 aromatic rings. The lowest BCUT2D eigenvalue weighted by Crippen LogP contribution is -2.42. The SMILES string of the molecule is CCNC(=NCC(=O)NCCOC)NCC1(c2ccccc2Br)CC1. The van der Waals surface area contributed by atoms with E-state index in [1.807, 2.05) is 13.0 Å². The smallest absolute Gasteiger partial charge is 0.241 e. The molecule has 1 amide bonds. The van der Waals surface area contributed by atoms with Crippen molar-refractivity contribution >= 4 is 27.8 Å². The zero-order valence-electron chi connectivity index (χ0n) is 14.9. The second-order valence-electron chi connectivity index (χ2n) is 6.15. The molecule has 6 nitrogen and oxygen atoms in total. The van der Waals surface area contributed by atoms with E-state index in [1.165, 1.54) is 5.56 Å². The molecule has 1 aromatic carbocycles. The third-order valence-corrected chi connectivity index (χ3v) is 4.94. The fourth-order valence-electron chi connectivity index (χ4n) is 2.68. The van der Waals surface area contributed by atoms with Crippen LogP contribution in [0.3, 0.4) is 0 Å². The molecule has 7 heteroatoms. The maximum Gasteiger partial charge on any atom is 0.241 e. The third kappa shape index (κ3) is 6.01. The summed E-state index contributed by atoms with van der Waals surface area (Å²) in [6.45, 7) is 4.66. The number of hydrogen-bond acceptors (Lipinski definition) is 3. The summed E-state index contributed by atoms with van der Waals surface area (Å²) in [4.78, 5) is 16.1. The third-order valence-electron chi connectivity index (χ3n) is 4.25. The number of hydrogen-bond donors (Lipinski definition) is 3. The van der Waals surface area contributed by atoms with E-state index in [1.54, 1.807) is 7.11 Å². The molecule has 0 unspecified atom stereocenters. The van der Waals surface area contributed by atoms with Gasteiger partial charge < -0.3 is 20.7 Å². The van der Waals surface area contributed by atoms with Crippen molar-refractivity contribution in [2.24, 2.45) is 4.99 Å². The monoisotopic (exact) mass is 410 g/mol. The lowest BCUT2D eigenvalue weighted by molar-refractivity contribution is -0.119. The number of carbonyl (C=O) groups is 1. The first-order chi connectivity index (χ1) is 12.1. The number of guanidine groups is 1. The van der Waals surface area contributed by atoms with E-state index in [-0.39, 0.29) is 17.9 Å². The number of benzene rings is 1. The molecule has 1 saturated carbocycles. The molecule has 1 aliphatic carbocycles. The second kappa shape index (κ2) is 9.77. The molecular weight excluding hydrogens is 384 g/mol. The predicted molar refractivity (Wildman–Crippen MR) is 104 cm³/mol. The van der Waals surface area contributed by atoms with Crippen molar-refractivity contribution in [3.8, 4) is 0 Å². The van der Waals surface area contributed by atoms with Gasteiger partial charge in [0.05, 0.1) is 6.61 Å². The minimum Gasteiger partial charge on any atom is -0.383 e. The summed E-state index contributed by atoms with van der Waals surface area (Å²) >= 11 is 3.65. The molecule has 138 valence electrons. The van der Waals surface area contributed by atoms with Gasteiger partial charge in [-0.25, -0.2) is 4.99 Å². The molecule has 0 aliphatic heterocycles. The van der Waals surface area contributed by atoms with Gasteiger partial charge in [0.2, 0.25) is 5.91 Å². The molecule has 0 bridgehead atoms. The minimum atomic E-state index is -0.110. The number of amides is 1. The van der Waals surface area contributed by atoms with Gasteiger partial charge in [0, 0.05) is 36.6 Å². The summed E-state index contributed by atoms with van der Waals surface area (Å²) in [6, 6.07) is 8.36. The van der Waals surface area contributed by atoms with E-state index in [0.717, 1.165) is 30.4 Å². The van der Waals surface area contributed by atoms with Gasteiger partial charge in [-0.2, -0.15) is 0 Å². The van der Waals surface area contributed by atoms with Gasteiger partial charge in [-0.1, -0.05) is 34.1 Å². The number of aliphatic imine (C=N–C) groups is 1. The van der Waals surface area contributed by atoms with E-state index >= 15 is 0 Å². The first-order valence-electron chi connectivity index (χ1n) is 8.64. The fraction of sp³-hybridized carbons (Fsp3) is 0.556. The standard InChI is InChI=1S/C18H27BrN4O2/c1-3-20-17(22-12-16(24)21-10-11-25-2)23-13-18(8-9-18)14-6-4-5-7-15(14)19/h4-7H,3,8-13H2,1-2H3,(H,21,24)(H2,20,22,23). The van der Waals surface area contributed by atoms with Gasteiger partial charge in [-0.05, 0) is 31.4 Å². The van der Waals surface area contributed by atoms with Crippen molar-refractivity contribution in [1.29, 1.82) is 0 Å². The molecule has 0 saturated heterocycles. The van der Waals surface area contributed by atoms with Crippen LogP contribution in [0.5, 0.6) is 0 Å². The summed E-state index contributed by atoms with van der Waals surface area (Å²) < 4.78 is 6.06. The van der Waals surface area contributed by atoms with Crippen LogP contribution < -0.4 is 16.0 Å². The average Bonchev–Trinajstić information content (AvgIpc) is 3.39. The first kappa shape index (κ1) is 19.7. The highest BCUT2D eigenvalue weighted by molar-refractivity contribution is 9.10. The van der Waals surface area contributed by atoms with E-state index in [2.05, 4.69) is 55.1 Å². The van der Waals surface area contributed by atoms with Crippen LogP contribution in [0, 0.1) is 0 Å². The van der Waals surface area contributed by atoms with Crippen LogP contribution in [0.1, 0.15) is 25.3 Å². The number of carbonyl (C=O) groups excluding carboxylic acids is 1. The Balaban J connectivity index is 1.90. The molecule has 0 atom stereocenters. The summed E-state index contributed by atoms with van der Waals surface area (Å²) in [5, 5.41) is 9.35. The topological polar surface area (TPSA) is 74.8 Å². The molecular formula is C18H27BrN4O2.